The van der Waals surface area contributed by atoms with Gasteiger partial charge in [-0.2, -0.15) is 0 Å². The van der Waals surface area contributed by atoms with E-state index in [1.54, 1.807) is 27.6 Å². The Balaban J connectivity index is 2.31. The van der Waals surface area contributed by atoms with Crippen LogP contribution in [-0.2, 0) is 15.9 Å². The highest BCUT2D eigenvalue weighted by Crippen LogP contribution is 2.43. The number of hydrogen-bond donors (Lipinski definition) is 0. The van der Waals surface area contributed by atoms with Crippen molar-refractivity contribution >= 4 is 0 Å². The average molecular weight is 252 g/mol. The second-order valence-corrected chi connectivity index (χ2v) is 3.69. The summed E-state index contributed by atoms with van der Waals surface area (Å²) < 4.78 is 26.3. The van der Waals surface area contributed by atoms with Crippen molar-refractivity contribution in [2.45, 2.75) is 6.42 Å². The van der Waals surface area contributed by atoms with Gasteiger partial charge in [0.1, 0.15) is 12.0 Å². The highest BCUT2D eigenvalue weighted by atomic mass is 16.7. The Morgan fingerprint density at radius 3 is 2.78 bits per heavy atom. The minimum atomic E-state index is 0.222. The second-order valence-electron chi connectivity index (χ2n) is 3.69. The number of hydrogen-bond acceptors (Lipinski definition) is 5. The van der Waals surface area contributed by atoms with Gasteiger partial charge in [0.15, 0.2) is 11.5 Å². The minimum Gasteiger partial charge on any atom is -0.501 e. The van der Waals surface area contributed by atoms with E-state index in [0.717, 1.165) is 5.56 Å². The SMILES string of the molecule is COC=C(Cc1ccc2c(c1OC)OCO2)OC. The van der Waals surface area contributed by atoms with E-state index in [4.69, 9.17) is 23.7 Å². The third-order valence-corrected chi connectivity index (χ3v) is 2.66. The molecule has 0 aliphatic carbocycles. The van der Waals surface area contributed by atoms with Gasteiger partial charge in [0.25, 0.3) is 0 Å². The van der Waals surface area contributed by atoms with Crippen molar-refractivity contribution in [3.05, 3.63) is 29.7 Å². The maximum Gasteiger partial charge on any atom is 0.231 e. The molecule has 1 aromatic carbocycles. The van der Waals surface area contributed by atoms with Crippen LogP contribution in [0.5, 0.6) is 17.2 Å². The molecule has 0 saturated heterocycles. The van der Waals surface area contributed by atoms with Crippen molar-refractivity contribution in [2.24, 2.45) is 0 Å². The van der Waals surface area contributed by atoms with Gasteiger partial charge in [-0.05, 0) is 6.07 Å². The monoisotopic (exact) mass is 252 g/mol. The maximum atomic E-state index is 5.40. The Morgan fingerprint density at radius 1 is 1.28 bits per heavy atom. The van der Waals surface area contributed by atoms with E-state index in [2.05, 4.69) is 0 Å². The topological polar surface area (TPSA) is 46.2 Å². The Bertz CT molecular complexity index is 453. The van der Waals surface area contributed by atoms with E-state index in [-0.39, 0.29) is 6.79 Å². The van der Waals surface area contributed by atoms with Crippen LogP contribution in [0.2, 0.25) is 0 Å². The standard InChI is InChI=1S/C13H16O5/c1-14-7-10(15-2)6-9-4-5-11-13(12(9)16-3)18-8-17-11/h4-5,7H,6,8H2,1-3H3. The summed E-state index contributed by atoms with van der Waals surface area (Å²) in [7, 11) is 4.79. The smallest absolute Gasteiger partial charge is 0.231 e. The number of benzene rings is 1. The first kappa shape index (κ1) is 12.4. The zero-order valence-corrected chi connectivity index (χ0v) is 10.7. The number of methoxy groups -OCH3 is 3. The lowest BCUT2D eigenvalue weighted by Crippen LogP contribution is -1.99. The van der Waals surface area contributed by atoms with Crippen LogP contribution < -0.4 is 14.2 Å². The number of fused-ring (bicyclic) bond motifs is 1. The van der Waals surface area contributed by atoms with E-state index >= 15 is 0 Å². The molecule has 0 saturated carbocycles. The van der Waals surface area contributed by atoms with E-state index in [0.29, 0.717) is 29.4 Å². The molecule has 0 unspecified atom stereocenters. The van der Waals surface area contributed by atoms with E-state index < -0.39 is 0 Å². The number of ether oxygens (including phenoxy) is 5. The molecule has 0 atom stereocenters. The Kier molecular flexibility index (Phi) is 3.82. The Morgan fingerprint density at radius 2 is 2.11 bits per heavy atom. The first-order chi connectivity index (χ1) is 8.80. The van der Waals surface area contributed by atoms with Crippen molar-refractivity contribution < 1.29 is 23.7 Å². The third-order valence-electron chi connectivity index (χ3n) is 2.66. The van der Waals surface area contributed by atoms with Crippen LogP contribution in [0.15, 0.2) is 24.2 Å². The molecule has 1 aliphatic rings. The maximum absolute atomic E-state index is 5.40. The molecule has 1 heterocycles. The Labute approximate surface area is 106 Å². The molecule has 0 N–H and O–H groups in total. The molecule has 0 radical (unpaired) electrons. The molecule has 5 heteroatoms. The van der Waals surface area contributed by atoms with Gasteiger partial charge >= 0.3 is 0 Å². The number of allylic oxidation sites excluding steroid dienone is 1. The summed E-state index contributed by atoms with van der Waals surface area (Å²) in [4.78, 5) is 0. The summed E-state index contributed by atoms with van der Waals surface area (Å²) in [6.45, 7) is 0.222. The first-order valence-corrected chi connectivity index (χ1v) is 5.51. The van der Waals surface area contributed by atoms with Crippen LogP contribution in [0.1, 0.15) is 5.56 Å². The summed E-state index contributed by atoms with van der Waals surface area (Å²) >= 11 is 0. The van der Waals surface area contributed by atoms with Crippen molar-refractivity contribution in [2.75, 3.05) is 28.1 Å². The predicted octanol–water partition coefficient (Wildman–Crippen LogP) is 2.10. The van der Waals surface area contributed by atoms with Crippen LogP contribution in [0.4, 0.5) is 0 Å². The van der Waals surface area contributed by atoms with Crippen molar-refractivity contribution in [3.63, 3.8) is 0 Å². The van der Waals surface area contributed by atoms with Gasteiger partial charge in [-0.3, -0.25) is 0 Å². The van der Waals surface area contributed by atoms with Crippen LogP contribution in [0, 0.1) is 0 Å². The first-order valence-electron chi connectivity index (χ1n) is 5.51. The van der Waals surface area contributed by atoms with E-state index in [1.807, 2.05) is 12.1 Å². The van der Waals surface area contributed by atoms with Gasteiger partial charge in [0.05, 0.1) is 21.3 Å². The van der Waals surface area contributed by atoms with Crippen LogP contribution in [0.3, 0.4) is 0 Å². The van der Waals surface area contributed by atoms with Gasteiger partial charge < -0.3 is 23.7 Å². The average Bonchev–Trinajstić information content (AvgIpc) is 2.86. The summed E-state index contributed by atoms with van der Waals surface area (Å²) in [5.74, 6) is 2.71. The largest absolute Gasteiger partial charge is 0.501 e. The molecular formula is C13H16O5. The van der Waals surface area contributed by atoms with Crippen molar-refractivity contribution in [1.29, 1.82) is 0 Å². The molecule has 0 fully saturated rings. The molecule has 1 aromatic rings. The van der Waals surface area contributed by atoms with Gasteiger partial charge in [-0.15, -0.1) is 0 Å². The highest BCUT2D eigenvalue weighted by molar-refractivity contribution is 5.57. The van der Waals surface area contributed by atoms with Gasteiger partial charge in [-0.25, -0.2) is 0 Å². The minimum absolute atomic E-state index is 0.222. The lowest BCUT2D eigenvalue weighted by Gasteiger charge is -2.12. The van der Waals surface area contributed by atoms with Crippen molar-refractivity contribution in [3.8, 4) is 17.2 Å². The van der Waals surface area contributed by atoms with Crippen LogP contribution >= 0.6 is 0 Å². The molecule has 0 spiro atoms. The zero-order chi connectivity index (χ0) is 13.0. The third kappa shape index (κ3) is 2.30. The van der Waals surface area contributed by atoms with E-state index in [1.165, 1.54) is 0 Å². The number of rotatable bonds is 5. The summed E-state index contributed by atoms with van der Waals surface area (Å²) in [6, 6.07) is 3.79. The molecule has 0 aromatic heterocycles. The fourth-order valence-electron chi connectivity index (χ4n) is 1.83. The molecule has 0 amide bonds. The highest BCUT2D eigenvalue weighted by Gasteiger charge is 2.22. The fourth-order valence-corrected chi connectivity index (χ4v) is 1.83. The van der Waals surface area contributed by atoms with Gasteiger partial charge in [0.2, 0.25) is 12.5 Å². The second kappa shape index (κ2) is 5.53. The van der Waals surface area contributed by atoms with Crippen LogP contribution in [0.25, 0.3) is 0 Å². The molecule has 2 rings (SSSR count). The van der Waals surface area contributed by atoms with Gasteiger partial charge in [-0.1, -0.05) is 6.07 Å². The lowest BCUT2D eigenvalue weighted by molar-refractivity contribution is 0.171. The molecule has 18 heavy (non-hydrogen) atoms. The Hall–Kier alpha value is -2.04. The molecule has 5 nitrogen and oxygen atoms in total. The van der Waals surface area contributed by atoms with Crippen molar-refractivity contribution in [1.82, 2.24) is 0 Å². The summed E-state index contributed by atoms with van der Waals surface area (Å²) in [5.41, 5.74) is 0.951. The molecule has 98 valence electrons. The lowest BCUT2D eigenvalue weighted by atomic mass is 10.1. The quantitative estimate of drug-likeness (QED) is 0.751. The summed E-state index contributed by atoms with van der Waals surface area (Å²) in [5, 5.41) is 0. The van der Waals surface area contributed by atoms with Crippen LogP contribution in [-0.4, -0.2) is 28.1 Å². The molecular weight excluding hydrogens is 236 g/mol. The molecule has 1 aliphatic heterocycles. The van der Waals surface area contributed by atoms with Gasteiger partial charge in [0, 0.05) is 12.0 Å². The zero-order valence-electron chi connectivity index (χ0n) is 10.7. The summed E-state index contributed by atoms with van der Waals surface area (Å²) in [6.07, 6.45) is 2.12. The molecule has 0 bridgehead atoms. The van der Waals surface area contributed by atoms with E-state index in [9.17, 15) is 0 Å². The predicted molar refractivity (Wildman–Crippen MR) is 64.9 cm³/mol. The fraction of sp³-hybridized carbons (Fsp3) is 0.385. The normalized spacial score (nSPS) is 13.4.